The molecule has 0 aliphatic heterocycles. The number of carbonyl (C=O) groups excluding carboxylic acids is 1. The van der Waals surface area contributed by atoms with Gasteiger partial charge in [-0.3, -0.25) is 9.78 Å². The van der Waals surface area contributed by atoms with Crippen molar-refractivity contribution in [3.8, 4) is 0 Å². The number of carbonyl (C=O) groups is 1. The van der Waals surface area contributed by atoms with Gasteiger partial charge in [0.15, 0.2) is 0 Å². The van der Waals surface area contributed by atoms with Crippen molar-refractivity contribution in [3.05, 3.63) is 30.1 Å². The molecule has 1 aromatic rings. The number of pyridine rings is 1. The Morgan fingerprint density at radius 1 is 1.40 bits per heavy atom. The molecule has 0 unspecified atom stereocenters. The van der Waals surface area contributed by atoms with Gasteiger partial charge in [0.05, 0.1) is 0 Å². The molecule has 2 rings (SSSR count). The van der Waals surface area contributed by atoms with Crippen LogP contribution < -0.4 is 5.43 Å². The molecule has 0 radical (unpaired) electrons. The maximum atomic E-state index is 12.0. The van der Waals surface area contributed by atoms with Crippen LogP contribution in [-0.2, 0) is 0 Å². The van der Waals surface area contributed by atoms with Crippen LogP contribution in [0.15, 0.2) is 29.5 Å². The van der Waals surface area contributed by atoms with Gasteiger partial charge < -0.3 is 0 Å². The first-order chi connectivity index (χ1) is 9.58. The Morgan fingerprint density at radius 2 is 2.20 bits per heavy atom. The summed E-state index contributed by atoms with van der Waals surface area (Å²) in [5.41, 5.74) is 4.19. The predicted octanol–water partition coefficient (Wildman–Crippen LogP) is 3.26. The van der Waals surface area contributed by atoms with Gasteiger partial charge in [0.1, 0.15) is 5.69 Å². The number of nitrogens with one attached hydrogen (secondary N) is 1. The van der Waals surface area contributed by atoms with Crippen LogP contribution in [0.2, 0.25) is 0 Å². The number of aromatic nitrogens is 1. The lowest BCUT2D eigenvalue weighted by Gasteiger charge is -2.30. The molecular formula is C16H23N3O. The molecule has 1 fully saturated rings. The molecule has 1 N–H and O–H groups in total. The Morgan fingerprint density at radius 3 is 2.85 bits per heavy atom. The topological polar surface area (TPSA) is 54.4 Å². The Hall–Kier alpha value is -1.71. The maximum Gasteiger partial charge on any atom is 0.289 e. The van der Waals surface area contributed by atoms with Gasteiger partial charge in [0, 0.05) is 17.8 Å². The zero-order chi connectivity index (χ0) is 14.5. The largest absolute Gasteiger partial charge is 0.289 e. The summed E-state index contributed by atoms with van der Waals surface area (Å²) < 4.78 is 0. The average Bonchev–Trinajstić information content (AvgIpc) is 2.45. The highest BCUT2D eigenvalue weighted by atomic mass is 16.2. The number of hydrogen-bond donors (Lipinski definition) is 1. The summed E-state index contributed by atoms with van der Waals surface area (Å²) in [6.45, 7) is 6.68. The van der Waals surface area contributed by atoms with Gasteiger partial charge in [0.2, 0.25) is 0 Å². The minimum Gasteiger partial charge on any atom is -0.266 e. The third-order valence-electron chi connectivity index (χ3n) is 3.96. The number of amides is 1. The van der Waals surface area contributed by atoms with Crippen LogP contribution in [-0.4, -0.2) is 16.6 Å². The zero-order valence-corrected chi connectivity index (χ0v) is 12.5. The minimum atomic E-state index is -0.237. The number of nitrogens with zero attached hydrogens (tertiary/aromatic N) is 2. The van der Waals surface area contributed by atoms with Gasteiger partial charge in [-0.05, 0) is 43.2 Å². The van der Waals surface area contributed by atoms with Crippen LogP contribution in [0.3, 0.4) is 0 Å². The highest BCUT2D eigenvalue weighted by Crippen LogP contribution is 2.31. The molecule has 1 aromatic heterocycles. The first kappa shape index (κ1) is 14.7. The van der Waals surface area contributed by atoms with Crippen molar-refractivity contribution in [2.24, 2.45) is 22.9 Å². The van der Waals surface area contributed by atoms with E-state index in [1.54, 1.807) is 24.4 Å². The van der Waals surface area contributed by atoms with Gasteiger partial charge in [0.25, 0.3) is 5.91 Å². The lowest BCUT2D eigenvalue weighted by molar-refractivity contribution is 0.0949. The second-order valence-corrected chi connectivity index (χ2v) is 6.00. The van der Waals surface area contributed by atoms with Crippen LogP contribution in [0.4, 0.5) is 0 Å². The molecule has 0 spiro atoms. The molecule has 0 saturated heterocycles. The molecule has 4 heteroatoms. The van der Waals surface area contributed by atoms with Crippen LogP contribution in [0, 0.1) is 17.8 Å². The van der Waals surface area contributed by atoms with E-state index in [9.17, 15) is 4.79 Å². The Balaban J connectivity index is 2.06. The monoisotopic (exact) mass is 273 g/mol. The first-order valence-electron chi connectivity index (χ1n) is 7.35. The van der Waals surface area contributed by atoms with E-state index < -0.39 is 0 Å². The summed E-state index contributed by atoms with van der Waals surface area (Å²) in [6.07, 6.45) is 5.00. The fourth-order valence-corrected chi connectivity index (χ4v) is 2.76. The van der Waals surface area contributed by atoms with E-state index in [4.69, 9.17) is 0 Å². The van der Waals surface area contributed by atoms with Crippen molar-refractivity contribution < 1.29 is 4.79 Å². The molecule has 4 nitrogen and oxygen atoms in total. The van der Waals surface area contributed by atoms with Crippen LogP contribution in [0.1, 0.15) is 50.5 Å². The fourth-order valence-electron chi connectivity index (χ4n) is 2.76. The van der Waals surface area contributed by atoms with E-state index in [0.717, 1.165) is 18.6 Å². The van der Waals surface area contributed by atoms with Crippen molar-refractivity contribution in [1.29, 1.82) is 0 Å². The molecule has 1 heterocycles. The van der Waals surface area contributed by atoms with Crippen molar-refractivity contribution in [2.75, 3.05) is 0 Å². The number of hydrazone groups is 1. The summed E-state index contributed by atoms with van der Waals surface area (Å²) in [4.78, 5) is 16.0. The van der Waals surface area contributed by atoms with Gasteiger partial charge in [-0.2, -0.15) is 5.10 Å². The van der Waals surface area contributed by atoms with Crippen LogP contribution in [0.5, 0.6) is 0 Å². The first-order valence-corrected chi connectivity index (χ1v) is 7.35. The summed E-state index contributed by atoms with van der Waals surface area (Å²) in [5.74, 6) is 1.46. The van der Waals surface area contributed by atoms with E-state index in [1.807, 2.05) is 0 Å². The predicted molar refractivity (Wildman–Crippen MR) is 80.5 cm³/mol. The molecule has 0 aromatic carbocycles. The molecule has 0 bridgehead atoms. The summed E-state index contributed by atoms with van der Waals surface area (Å²) in [7, 11) is 0. The van der Waals surface area contributed by atoms with Crippen molar-refractivity contribution in [2.45, 2.75) is 40.0 Å². The normalized spacial score (nSPS) is 24.9. The zero-order valence-electron chi connectivity index (χ0n) is 12.5. The lowest BCUT2D eigenvalue weighted by atomic mass is 9.76. The van der Waals surface area contributed by atoms with Crippen LogP contribution >= 0.6 is 0 Å². The van der Waals surface area contributed by atoms with E-state index in [1.165, 1.54) is 6.42 Å². The Labute approximate surface area is 120 Å². The quantitative estimate of drug-likeness (QED) is 0.859. The van der Waals surface area contributed by atoms with Gasteiger partial charge in [-0.1, -0.05) is 26.8 Å². The van der Waals surface area contributed by atoms with Crippen molar-refractivity contribution >= 4 is 11.6 Å². The van der Waals surface area contributed by atoms with E-state index in [0.29, 0.717) is 23.4 Å². The third-order valence-corrected chi connectivity index (χ3v) is 3.96. The molecule has 108 valence electrons. The highest BCUT2D eigenvalue weighted by molar-refractivity contribution is 5.94. The second-order valence-electron chi connectivity index (χ2n) is 6.00. The Bertz CT molecular complexity index is 482. The van der Waals surface area contributed by atoms with Gasteiger partial charge >= 0.3 is 0 Å². The van der Waals surface area contributed by atoms with Crippen molar-refractivity contribution in [1.82, 2.24) is 10.4 Å². The van der Waals surface area contributed by atoms with E-state index in [2.05, 4.69) is 36.3 Å². The minimum absolute atomic E-state index is 0.237. The molecule has 1 amide bonds. The third kappa shape index (κ3) is 3.65. The summed E-state index contributed by atoms with van der Waals surface area (Å²) >= 11 is 0. The molecular weight excluding hydrogens is 250 g/mol. The highest BCUT2D eigenvalue weighted by Gasteiger charge is 2.27. The van der Waals surface area contributed by atoms with E-state index >= 15 is 0 Å². The number of hydrogen-bond acceptors (Lipinski definition) is 3. The molecule has 1 aliphatic carbocycles. The van der Waals surface area contributed by atoms with Crippen LogP contribution in [0.25, 0.3) is 0 Å². The van der Waals surface area contributed by atoms with Gasteiger partial charge in [-0.25, -0.2) is 5.43 Å². The molecule has 1 saturated carbocycles. The summed E-state index contributed by atoms with van der Waals surface area (Å²) in [6, 6.07) is 5.29. The fraction of sp³-hybridized carbons (Fsp3) is 0.562. The molecule has 2 atom stereocenters. The standard InChI is InChI=1S/C16H23N3O/c1-11(2)13-8-7-12(3)10-15(13)18-19-16(20)14-6-4-5-9-17-14/h4-6,9,11-13H,7-8,10H2,1-3H3,(H,19,20)/b18-15-/t12-,13-/m1/s1. The smallest absolute Gasteiger partial charge is 0.266 e. The van der Waals surface area contributed by atoms with E-state index in [-0.39, 0.29) is 5.91 Å². The van der Waals surface area contributed by atoms with Gasteiger partial charge in [-0.15, -0.1) is 0 Å². The maximum absolute atomic E-state index is 12.0. The lowest BCUT2D eigenvalue weighted by Crippen LogP contribution is -2.31. The number of rotatable bonds is 3. The molecule has 20 heavy (non-hydrogen) atoms. The Kier molecular flexibility index (Phi) is 4.88. The van der Waals surface area contributed by atoms with Crippen molar-refractivity contribution in [3.63, 3.8) is 0 Å². The molecule has 1 aliphatic rings. The SMILES string of the molecule is CC(C)[C@H]1CC[C@@H](C)C/C1=N/NC(=O)c1ccccn1. The average molecular weight is 273 g/mol. The second kappa shape index (κ2) is 6.64. The summed E-state index contributed by atoms with van der Waals surface area (Å²) in [5, 5.41) is 4.39.